The second kappa shape index (κ2) is 13.1. The van der Waals surface area contributed by atoms with Gasteiger partial charge in [-0.2, -0.15) is 0 Å². The van der Waals surface area contributed by atoms with Crippen LogP contribution in [0, 0.1) is 0 Å². The van der Waals surface area contributed by atoms with Crippen molar-refractivity contribution in [3.05, 3.63) is 18.2 Å². The Hall–Kier alpha value is -3.56. The number of hydrogen-bond donors (Lipinski definition) is 9. The topological polar surface area (TPSA) is 257 Å². The number of rotatable bonds is 14. The van der Waals surface area contributed by atoms with Gasteiger partial charge < -0.3 is 47.1 Å². The van der Waals surface area contributed by atoms with Gasteiger partial charge in [-0.15, -0.1) is 0 Å². The van der Waals surface area contributed by atoms with Gasteiger partial charge in [-0.25, -0.2) is 9.78 Å². The fourth-order valence-corrected chi connectivity index (χ4v) is 2.64. The molecule has 1 heterocycles. The second-order valence-electron chi connectivity index (χ2n) is 7.19. The monoisotopic (exact) mass is 472 g/mol. The minimum absolute atomic E-state index is 0.155. The number of carbonyl (C=O) groups is 5. The molecule has 0 aliphatic rings. The van der Waals surface area contributed by atoms with E-state index >= 15 is 0 Å². The summed E-state index contributed by atoms with van der Waals surface area (Å²) in [6, 6.07) is -5.88. The molecular weight excluding hydrogens is 444 g/mol. The first-order chi connectivity index (χ1) is 15.5. The van der Waals surface area contributed by atoms with E-state index in [0.29, 0.717) is 5.69 Å². The van der Waals surface area contributed by atoms with Crippen LogP contribution in [-0.4, -0.2) is 96.9 Å². The number of aromatic nitrogens is 2. The van der Waals surface area contributed by atoms with Gasteiger partial charge in [-0.3, -0.25) is 19.2 Å². The number of carboxylic acid groups (broad SMARTS) is 2. The van der Waals surface area contributed by atoms with E-state index in [4.69, 9.17) is 15.9 Å². The number of aliphatic carboxylic acids is 2. The number of aliphatic hydroxyl groups excluding tert-OH is 2. The molecule has 15 nitrogen and oxygen atoms in total. The number of aromatic amines is 1. The van der Waals surface area contributed by atoms with E-state index in [1.54, 1.807) is 0 Å². The van der Waals surface area contributed by atoms with Gasteiger partial charge in [0.1, 0.15) is 24.2 Å². The molecule has 0 aliphatic heterocycles. The fraction of sp³-hybridized carbons (Fsp3) is 0.556. The van der Waals surface area contributed by atoms with E-state index in [0.717, 1.165) is 0 Å². The summed E-state index contributed by atoms with van der Waals surface area (Å²) in [5.74, 6) is -5.62. The van der Waals surface area contributed by atoms with Crippen LogP contribution in [0.4, 0.5) is 0 Å². The smallest absolute Gasteiger partial charge is 0.326 e. The summed E-state index contributed by atoms with van der Waals surface area (Å²) in [7, 11) is 0. The number of nitrogens with zero attached hydrogens (tertiary/aromatic N) is 1. The van der Waals surface area contributed by atoms with Crippen LogP contribution in [-0.2, 0) is 30.4 Å². The molecule has 15 heteroatoms. The lowest BCUT2D eigenvalue weighted by atomic mass is 10.1. The predicted molar refractivity (Wildman–Crippen MR) is 109 cm³/mol. The third kappa shape index (κ3) is 9.22. The summed E-state index contributed by atoms with van der Waals surface area (Å²) >= 11 is 0. The van der Waals surface area contributed by atoms with Crippen LogP contribution in [0.25, 0.3) is 0 Å². The molecule has 0 saturated carbocycles. The highest BCUT2D eigenvalue weighted by molar-refractivity contribution is 5.94. The predicted octanol–water partition coefficient (Wildman–Crippen LogP) is -3.94. The number of imidazole rings is 1. The Morgan fingerprint density at radius 3 is 2.18 bits per heavy atom. The fourth-order valence-electron chi connectivity index (χ4n) is 2.64. The average molecular weight is 472 g/mol. The lowest BCUT2D eigenvalue weighted by Gasteiger charge is -2.26. The van der Waals surface area contributed by atoms with Crippen molar-refractivity contribution in [2.45, 2.75) is 56.5 Å². The Labute approximate surface area is 187 Å². The molecule has 0 aliphatic carbocycles. The number of H-pyrrole nitrogens is 1. The maximum atomic E-state index is 12.7. The molecule has 5 unspecified atom stereocenters. The standard InChI is InChI=1S/C18H28N6O9/c1-8(26)14(17(31)23-12(18(32)33)4-9-5-20-7-21-9)24-16(30)11(2-3-13(27)28)22-15(29)10(19)6-25/h5,7-8,10-12,14,25-26H,2-4,6,19H2,1H3,(H,20,21)(H,22,29)(H,23,31)(H,24,30)(H,27,28)(H,32,33). The molecule has 1 aromatic rings. The minimum atomic E-state index is -1.63. The van der Waals surface area contributed by atoms with Crippen molar-refractivity contribution in [3.63, 3.8) is 0 Å². The van der Waals surface area contributed by atoms with Crippen molar-refractivity contribution in [3.8, 4) is 0 Å². The summed E-state index contributed by atoms with van der Waals surface area (Å²) in [5.41, 5.74) is 5.79. The van der Waals surface area contributed by atoms with E-state index in [-0.39, 0.29) is 12.8 Å². The Bertz CT molecular complexity index is 829. The number of amides is 3. The van der Waals surface area contributed by atoms with Crippen LogP contribution in [0.5, 0.6) is 0 Å². The molecule has 3 amide bonds. The average Bonchev–Trinajstić information content (AvgIpc) is 3.25. The van der Waals surface area contributed by atoms with E-state index in [2.05, 4.69) is 25.9 Å². The molecule has 1 aromatic heterocycles. The van der Waals surface area contributed by atoms with Crippen LogP contribution in [0.3, 0.4) is 0 Å². The van der Waals surface area contributed by atoms with Gasteiger partial charge in [0.15, 0.2) is 0 Å². The molecule has 0 spiro atoms. The first-order valence-corrected chi connectivity index (χ1v) is 9.83. The summed E-state index contributed by atoms with van der Waals surface area (Å²) in [6.07, 6.45) is 0.149. The number of nitrogens with two attached hydrogens (primary N) is 1. The molecule has 0 fully saturated rings. The molecule has 10 N–H and O–H groups in total. The van der Waals surface area contributed by atoms with Crippen molar-refractivity contribution in [2.75, 3.05) is 6.61 Å². The molecule has 0 aromatic carbocycles. The van der Waals surface area contributed by atoms with Crippen LogP contribution in [0.2, 0.25) is 0 Å². The summed E-state index contributed by atoms with van der Waals surface area (Å²) in [6.45, 7) is 0.437. The lowest BCUT2D eigenvalue weighted by Crippen LogP contribution is -2.60. The van der Waals surface area contributed by atoms with Crippen molar-refractivity contribution in [2.24, 2.45) is 5.73 Å². The Balaban J connectivity index is 2.94. The highest BCUT2D eigenvalue weighted by Gasteiger charge is 2.33. The molecule has 184 valence electrons. The van der Waals surface area contributed by atoms with Gasteiger partial charge in [-0.05, 0) is 13.3 Å². The van der Waals surface area contributed by atoms with Crippen LogP contribution < -0.4 is 21.7 Å². The first-order valence-electron chi connectivity index (χ1n) is 9.83. The molecule has 0 bridgehead atoms. The number of nitrogens with one attached hydrogen (secondary N) is 4. The van der Waals surface area contributed by atoms with E-state index < -0.39 is 73.0 Å². The number of carboxylic acids is 2. The minimum Gasteiger partial charge on any atom is -0.481 e. The van der Waals surface area contributed by atoms with Crippen molar-refractivity contribution in [1.82, 2.24) is 25.9 Å². The quantitative estimate of drug-likeness (QED) is 0.126. The van der Waals surface area contributed by atoms with E-state index in [1.165, 1.54) is 19.4 Å². The summed E-state index contributed by atoms with van der Waals surface area (Å²) in [4.78, 5) is 66.0. The Morgan fingerprint density at radius 1 is 1.06 bits per heavy atom. The number of aliphatic hydroxyl groups is 2. The largest absolute Gasteiger partial charge is 0.481 e. The Kier molecular flexibility index (Phi) is 10.9. The second-order valence-corrected chi connectivity index (χ2v) is 7.19. The summed E-state index contributed by atoms with van der Waals surface area (Å²) in [5, 5.41) is 43.7. The summed E-state index contributed by atoms with van der Waals surface area (Å²) < 4.78 is 0. The van der Waals surface area contributed by atoms with E-state index in [1.807, 2.05) is 0 Å². The number of carbonyl (C=O) groups excluding carboxylic acids is 3. The first kappa shape index (κ1) is 27.5. The third-order valence-electron chi connectivity index (χ3n) is 4.47. The van der Waals surface area contributed by atoms with Crippen molar-refractivity contribution < 1.29 is 44.4 Å². The van der Waals surface area contributed by atoms with Gasteiger partial charge in [0, 0.05) is 24.7 Å². The van der Waals surface area contributed by atoms with Gasteiger partial charge in [0.25, 0.3) is 0 Å². The van der Waals surface area contributed by atoms with Crippen LogP contribution in [0.1, 0.15) is 25.5 Å². The Morgan fingerprint density at radius 2 is 1.70 bits per heavy atom. The highest BCUT2D eigenvalue weighted by atomic mass is 16.4. The van der Waals surface area contributed by atoms with Gasteiger partial charge >= 0.3 is 11.9 Å². The highest BCUT2D eigenvalue weighted by Crippen LogP contribution is 2.04. The lowest BCUT2D eigenvalue weighted by molar-refractivity contribution is -0.143. The van der Waals surface area contributed by atoms with Gasteiger partial charge in [-0.1, -0.05) is 0 Å². The van der Waals surface area contributed by atoms with Crippen LogP contribution >= 0.6 is 0 Å². The van der Waals surface area contributed by atoms with Gasteiger partial charge in [0.2, 0.25) is 17.7 Å². The number of hydrogen-bond acceptors (Lipinski definition) is 9. The van der Waals surface area contributed by atoms with Gasteiger partial charge in [0.05, 0.1) is 19.0 Å². The molecule has 0 radical (unpaired) electrons. The SMILES string of the molecule is CC(O)C(NC(=O)C(CCC(=O)O)NC(=O)C(N)CO)C(=O)NC(Cc1cnc[nH]1)C(=O)O. The maximum Gasteiger partial charge on any atom is 0.326 e. The zero-order chi connectivity index (χ0) is 25.1. The molecule has 5 atom stereocenters. The van der Waals surface area contributed by atoms with Crippen molar-refractivity contribution in [1.29, 1.82) is 0 Å². The normalized spacial score (nSPS) is 15.4. The van der Waals surface area contributed by atoms with E-state index in [9.17, 15) is 34.2 Å². The molecular formula is C18H28N6O9. The molecule has 1 rings (SSSR count). The zero-order valence-electron chi connectivity index (χ0n) is 17.7. The van der Waals surface area contributed by atoms with Crippen LogP contribution in [0.15, 0.2) is 12.5 Å². The zero-order valence-corrected chi connectivity index (χ0v) is 17.7. The molecule has 33 heavy (non-hydrogen) atoms. The van der Waals surface area contributed by atoms with Crippen molar-refractivity contribution >= 4 is 29.7 Å². The molecule has 0 saturated heterocycles. The maximum absolute atomic E-state index is 12.7. The third-order valence-corrected chi connectivity index (χ3v) is 4.47.